The second-order valence-corrected chi connectivity index (χ2v) is 8.16. The number of amides is 1. The Kier molecular flexibility index (Phi) is 6.20. The van der Waals surface area contributed by atoms with Gasteiger partial charge in [-0.3, -0.25) is 14.7 Å². The van der Waals surface area contributed by atoms with Crippen LogP contribution in [0.2, 0.25) is 0 Å². The second kappa shape index (κ2) is 9.19. The Hall–Kier alpha value is -3.04. The standard InChI is InChI=1S/C21H19N5O2S2/c1-3-15-4-6-18(7-5-15)26(14(2)27)20-23-17(12-29-20)13-30-21-25-24-19(28-21)16-8-10-22-11-9-16/h4-12H,3,13H2,1-2H3. The molecule has 152 valence electrons. The molecule has 0 bridgehead atoms. The lowest BCUT2D eigenvalue weighted by Gasteiger charge is -2.18. The third-order valence-corrected chi connectivity index (χ3v) is 6.05. The van der Waals surface area contributed by atoms with Crippen LogP contribution in [0, 0.1) is 0 Å². The predicted octanol–water partition coefficient (Wildman–Crippen LogP) is 5.13. The molecule has 0 radical (unpaired) electrons. The van der Waals surface area contributed by atoms with E-state index in [0.29, 0.717) is 22.0 Å². The number of nitrogens with zero attached hydrogens (tertiary/aromatic N) is 5. The maximum atomic E-state index is 12.3. The number of hydrogen-bond acceptors (Lipinski definition) is 8. The lowest BCUT2D eigenvalue weighted by molar-refractivity contribution is -0.115. The molecular formula is C21H19N5O2S2. The molecule has 0 unspecified atom stereocenters. The Morgan fingerprint density at radius 2 is 1.90 bits per heavy atom. The summed E-state index contributed by atoms with van der Waals surface area (Å²) >= 11 is 2.84. The van der Waals surface area contributed by atoms with Crippen molar-refractivity contribution in [3.63, 3.8) is 0 Å². The Morgan fingerprint density at radius 3 is 2.60 bits per heavy atom. The van der Waals surface area contributed by atoms with Gasteiger partial charge in [-0.05, 0) is 36.2 Å². The molecule has 1 aromatic carbocycles. The summed E-state index contributed by atoms with van der Waals surface area (Å²) in [5, 5.41) is 11.2. The van der Waals surface area contributed by atoms with Crippen LogP contribution in [0.1, 0.15) is 25.1 Å². The maximum Gasteiger partial charge on any atom is 0.277 e. The highest BCUT2D eigenvalue weighted by molar-refractivity contribution is 7.98. The minimum Gasteiger partial charge on any atom is -0.411 e. The van der Waals surface area contributed by atoms with Crippen LogP contribution in [-0.2, 0) is 17.0 Å². The number of benzene rings is 1. The summed E-state index contributed by atoms with van der Waals surface area (Å²) in [7, 11) is 0. The Morgan fingerprint density at radius 1 is 1.13 bits per heavy atom. The van der Waals surface area contributed by atoms with Gasteiger partial charge in [0.1, 0.15) is 0 Å². The molecule has 0 saturated heterocycles. The smallest absolute Gasteiger partial charge is 0.277 e. The third-order valence-electron chi connectivity index (χ3n) is 4.33. The van der Waals surface area contributed by atoms with Crippen LogP contribution in [0.5, 0.6) is 0 Å². The molecule has 4 rings (SSSR count). The zero-order chi connectivity index (χ0) is 20.9. The SMILES string of the molecule is CCc1ccc(N(C(C)=O)c2nc(CSc3nnc(-c4ccncc4)o3)cs2)cc1. The van der Waals surface area contributed by atoms with Crippen LogP contribution in [-0.4, -0.2) is 26.1 Å². The number of thioether (sulfide) groups is 1. The number of carbonyl (C=O) groups excluding carboxylic acids is 1. The van der Waals surface area contributed by atoms with Crippen LogP contribution in [0.25, 0.3) is 11.5 Å². The Bertz CT molecular complexity index is 1130. The third kappa shape index (κ3) is 4.58. The van der Waals surface area contributed by atoms with Crippen molar-refractivity contribution >= 4 is 39.8 Å². The predicted molar refractivity (Wildman–Crippen MR) is 118 cm³/mol. The summed E-state index contributed by atoms with van der Waals surface area (Å²) in [6.07, 6.45) is 4.32. The average molecular weight is 438 g/mol. The van der Waals surface area contributed by atoms with E-state index in [0.717, 1.165) is 23.4 Å². The second-order valence-electron chi connectivity index (χ2n) is 6.39. The molecule has 0 spiro atoms. The van der Waals surface area contributed by atoms with Gasteiger partial charge in [-0.15, -0.1) is 21.5 Å². The molecule has 0 aliphatic carbocycles. The highest BCUT2D eigenvalue weighted by atomic mass is 32.2. The molecule has 3 heterocycles. The van der Waals surface area contributed by atoms with Gasteiger partial charge in [-0.2, -0.15) is 0 Å². The van der Waals surface area contributed by atoms with Gasteiger partial charge in [-0.25, -0.2) is 4.98 Å². The molecule has 0 saturated carbocycles. The molecule has 4 aromatic rings. The van der Waals surface area contributed by atoms with Gasteiger partial charge in [0.15, 0.2) is 5.13 Å². The summed E-state index contributed by atoms with van der Waals surface area (Å²) in [6.45, 7) is 3.65. The topological polar surface area (TPSA) is 85.0 Å². The first-order chi connectivity index (χ1) is 14.6. The number of pyridine rings is 1. The first kappa shape index (κ1) is 20.2. The first-order valence-electron chi connectivity index (χ1n) is 9.34. The van der Waals surface area contributed by atoms with E-state index in [1.54, 1.807) is 24.2 Å². The van der Waals surface area contributed by atoms with Gasteiger partial charge in [0.05, 0.1) is 11.4 Å². The molecule has 7 nitrogen and oxygen atoms in total. The summed E-state index contributed by atoms with van der Waals surface area (Å²) < 4.78 is 5.70. The number of thiazole rings is 1. The normalized spacial score (nSPS) is 10.9. The summed E-state index contributed by atoms with van der Waals surface area (Å²) in [4.78, 5) is 22.5. The number of carbonyl (C=O) groups is 1. The van der Waals surface area contributed by atoms with E-state index >= 15 is 0 Å². The summed E-state index contributed by atoms with van der Waals surface area (Å²) in [5.74, 6) is 0.943. The van der Waals surface area contributed by atoms with Crippen LogP contribution < -0.4 is 4.90 Å². The molecule has 1 amide bonds. The molecule has 9 heteroatoms. The van der Waals surface area contributed by atoms with E-state index in [9.17, 15) is 4.79 Å². The molecule has 0 aliphatic heterocycles. The fourth-order valence-electron chi connectivity index (χ4n) is 2.79. The Labute approximate surface area is 182 Å². The zero-order valence-electron chi connectivity index (χ0n) is 16.5. The molecule has 3 aromatic heterocycles. The number of anilines is 2. The Balaban J connectivity index is 1.45. The van der Waals surface area contributed by atoms with Crippen LogP contribution in [0.15, 0.2) is 63.8 Å². The first-order valence-corrected chi connectivity index (χ1v) is 11.2. The van der Waals surface area contributed by atoms with E-state index in [-0.39, 0.29) is 5.91 Å². The van der Waals surface area contributed by atoms with Crippen LogP contribution >= 0.6 is 23.1 Å². The van der Waals surface area contributed by atoms with Crippen molar-refractivity contribution in [2.75, 3.05) is 4.90 Å². The van der Waals surface area contributed by atoms with Gasteiger partial charge < -0.3 is 4.42 Å². The van der Waals surface area contributed by atoms with Crippen molar-refractivity contribution in [2.45, 2.75) is 31.2 Å². The van der Waals surface area contributed by atoms with Crippen molar-refractivity contribution in [3.8, 4) is 11.5 Å². The minimum absolute atomic E-state index is 0.0771. The molecule has 0 fully saturated rings. The van der Waals surface area contributed by atoms with Gasteiger partial charge in [-0.1, -0.05) is 30.8 Å². The summed E-state index contributed by atoms with van der Waals surface area (Å²) in [5.41, 5.74) is 3.71. The number of hydrogen-bond donors (Lipinski definition) is 0. The van der Waals surface area contributed by atoms with Crippen molar-refractivity contribution in [1.82, 2.24) is 20.2 Å². The lowest BCUT2D eigenvalue weighted by atomic mass is 10.1. The van der Waals surface area contributed by atoms with Gasteiger partial charge >= 0.3 is 0 Å². The molecular weight excluding hydrogens is 418 g/mol. The van der Waals surface area contributed by atoms with E-state index in [1.807, 2.05) is 41.8 Å². The molecule has 0 atom stereocenters. The summed E-state index contributed by atoms with van der Waals surface area (Å²) in [6, 6.07) is 11.6. The largest absolute Gasteiger partial charge is 0.411 e. The molecule has 0 N–H and O–H groups in total. The van der Waals surface area contributed by atoms with Crippen molar-refractivity contribution in [3.05, 3.63) is 65.4 Å². The van der Waals surface area contributed by atoms with Crippen LogP contribution in [0.4, 0.5) is 10.8 Å². The van der Waals surface area contributed by atoms with Crippen LogP contribution in [0.3, 0.4) is 0 Å². The van der Waals surface area contributed by atoms with E-state index in [4.69, 9.17) is 4.42 Å². The zero-order valence-corrected chi connectivity index (χ0v) is 18.1. The van der Waals surface area contributed by atoms with Gasteiger partial charge in [0.2, 0.25) is 11.8 Å². The lowest BCUT2D eigenvalue weighted by Crippen LogP contribution is -2.22. The maximum absolute atomic E-state index is 12.3. The van der Waals surface area contributed by atoms with E-state index in [1.165, 1.54) is 28.7 Å². The quantitative estimate of drug-likeness (QED) is 0.371. The number of aryl methyl sites for hydroxylation is 1. The highest BCUT2D eigenvalue weighted by Crippen LogP contribution is 2.31. The van der Waals surface area contributed by atoms with Crippen molar-refractivity contribution in [2.24, 2.45) is 0 Å². The van der Waals surface area contributed by atoms with Gasteiger partial charge in [0, 0.05) is 36.0 Å². The van der Waals surface area contributed by atoms with E-state index in [2.05, 4.69) is 27.1 Å². The molecule has 30 heavy (non-hydrogen) atoms. The van der Waals surface area contributed by atoms with Gasteiger partial charge in [0.25, 0.3) is 5.22 Å². The van der Waals surface area contributed by atoms with Crippen molar-refractivity contribution in [1.29, 1.82) is 0 Å². The molecule has 0 aliphatic rings. The van der Waals surface area contributed by atoms with Crippen molar-refractivity contribution < 1.29 is 9.21 Å². The number of aromatic nitrogens is 4. The highest BCUT2D eigenvalue weighted by Gasteiger charge is 2.18. The number of rotatable bonds is 7. The van der Waals surface area contributed by atoms with E-state index < -0.39 is 0 Å². The minimum atomic E-state index is -0.0771. The average Bonchev–Trinajstić information content (AvgIpc) is 3.43. The monoisotopic (exact) mass is 437 g/mol. The fraction of sp³-hybridized carbons (Fsp3) is 0.190. The fourth-order valence-corrected chi connectivity index (χ4v) is 4.44.